The van der Waals surface area contributed by atoms with Gasteiger partial charge in [-0.25, -0.2) is 4.98 Å². The maximum absolute atomic E-state index is 5.38. The summed E-state index contributed by atoms with van der Waals surface area (Å²) in [7, 11) is 2.08. The molecule has 49 heavy (non-hydrogen) atoms. The number of fused-ring (bicyclic) bond motifs is 8. The first-order valence-corrected chi connectivity index (χ1v) is 16.6. The summed E-state index contributed by atoms with van der Waals surface area (Å²) in [6.07, 6.45) is 1.76. The van der Waals surface area contributed by atoms with E-state index < -0.39 is 0 Å². The van der Waals surface area contributed by atoms with Crippen molar-refractivity contribution in [1.29, 1.82) is 0 Å². The van der Waals surface area contributed by atoms with Crippen LogP contribution in [0.5, 0.6) is 0 Å². The van der Waals surface area contributed by atoms with Crippen LogP contribution in [0, 0.1) is 0 Å². The predicted octanol–water partition coefficient (Wildman–Crippen LogP) is 9.91. The van der Waals surface area contributed by atoms with Gasteiger partial charge in [0.2, 0.25) is 5.95 Å². The molecule has 6 nitrogen and oxygen atoms in total. The maximum Gasteiger partial charge on any atom is 0.237 e. The Morgan fingerprint density at radius 2 is 1.16 bits per heavy atom. The number of anilines is 1. The summed E-state index contributed by atoms with van der Waals surface area (Å²) in [6.45, 7) is 0. The minimum absolute atomic E-state index is 0.195. The van der Waals surface area contributed by atoms with E-state index >= 15 is 0 Å². The van der Waals surface area contributed by atoms with Gasteiger partial charge in [-0.05, 0) is 35.9 Å². The molecule has 0 bridgehead atoms. The molecular weight excluding hydrogens is 601 g/mol. The van der Waals surface area contributed by atoms with Crippen LogP contribution in [0.1, 0.15) is 17.3 Å². The van der Waals surface area contributed by atoms with Crippen molar-refractivity contribution in [2.45, 2.75) is 6.17 Å². The molecule has 0 saturated heterocycles. The smallest absolute Gasteiger partial charge is 0.237 e. The largest absolute Gasteiger partial charge is 0.333 e. The molecule has 3 aromatic heterocycles. The fourth-order valence-corrected chi connectivity index (χ4v) is 7.62. The number of aromatic nitrogens is 4. The van der Waals surface area contributed by atoms with E-state index in [1.807, 2.05) is 18.3 Å². The molecule has 0 spiro atoms. The van der Waals surface area contributed by atoms with E-state index in [2.05, 4.69) is 161 Å². The molecule has 10 rings (SSSR count). The summed E-state index contributed by atoms with van der Waals surface area (Å²) in [5.74, 6) is 1.47. The zero-order valence-corrected chi connectivity index (χ0v) is 26.8. The molecule has 1 aliphatic heterocycles. The Hall–Kier alpha value is -6.53. The van der Waals surface area contributed by atoms with Crippen molar-refractivity contribution in [3.8, 4) is 22.9 Å². The number of benzene rings is 6. The molecule has 6 aromatic carbocycles. The van der Waals surface area contributed by atoms with Crippen molar-refractivity contribution >= 4 is 55.6 Å². The first-order valence-electron chi connectivity index (χ1n) is 16.6. The average Bonchev–Trinajstić information content (AvgIpc) is 3.69. The highest BCUT2D eigenvalue weighted by atomic mass is 15.3. The van der Waals surface area contributed by atoms with Crippen LogP contribution in [0.2, 0.25) is 0 Å². The number of hydrogen-bond acceptors (Lipinski definition) is 4. The van der Waals surface area contributed by atoms with Crippen molar-refractivity contribution in [1.82, 2.24) is 19.1 Å². The average molecular weight is 631 g/mol. The van der Waals surface area contributed by atoms with Crippen LogP contribution in [0.15, 0.2) is 157 Å². The number of rotatable bonds is 4. The predicted molar refractivity (Wildman–Crippen MR) is 201 cm³/mol. The van der Waals surface area contributed by atoms with Crippen LogP contribution in [0.4, 0.5) is 5.82 Å². The van der Waals surface area contributed by atoms with E-state index in [0.29, 0.717) is 5.95 Å². The van der Waals surface area contributed by atoms with Gasteiger partial charge in [-0.15, -0.1) is 0 Å². The lowest BCUT2D eigenvalue weighted by molar-refractivity contribution is 0.689. The van der Waals surface area contributed by atoms with Crippen molar-refractivity contribution in [2.24, 2.45) is 4.99 Å². The lowest BCUT2D eigenvalue weighted by Crippen LogP contribution is -2.29. The minimum atomic E-state index is -0.195. The highest BCUT2D eigenvalue weighted by Gasteiger charge is 2.29. The second kappa shape index (κ2) is 10.8. The monoisotopic (exact) mass is 630 g/mol. The van der Waals surface area contributed by atoms with Crippen molar-refractivity contribution in [2.75, 3.05) is 11.9 Å². The summed E-state index contributed by atoms with van der Waals surface area (Å²) in [5, 5.41) is 4.77. The van der Waals surface area contributed by atoms with Crippen LogP contribution in [0.3, 0.4) is 0 Å². The molecule has 0 amide bonds. The van der Waals surface area contributed by atoms with Crippen LogP contribution < -0.4 is 4.90 Å². The fraction of sp³-hybridized carbons (Fsp3) is 0.0465. The molecule has 1 aliphatic rings. The third-order valence-electron chi connectivity index (χ3n) is 9.79. The van der Waals surface area contributed by atoms with Crippen LogP contribution in [0.25, 0.3) is 66.5 Å². The van der Waals surface area contributed by atoms with Crippen LogP contribution >= 0.6 is 0 Å². The van der Waals surface area contributed by atoms with Gasteiger partial charge in [0.1, 0.15) is 12.0 Å². The number of para-hydroxylation sites is 3. The Balaban J connectivity index is 1.31. The van der Waals surface area contributed by atoms with Crippen LogP contribution in [-0.4, -0.2) is 32.4 Å². The maximum atomic E-state index is 5.38. The molecule has 0 fully saturated rings. The first-order chi connectivity index (χ1) is 24.3. The molecule has 0 aliphatic carbocycles. The lowest BCUT2D eigenvalue weighted by atomic mass is 10.0. The molecule has 0 N–H and O–H groups in total. The summed E-state index contributed by atoms with van der Waals surface area (Å²) in [4.78, 5) is 17.9. The van der Waals surface area contributed by atoms with Crippen molar-refractivity contribution < 1.29 is 0 Å². The molecule has 9 aromatic rings. The first kappa shape index (κ1) is 27.6. The summed E-state index contributed by atoms with van der Waals surface area (Å²) in [6, 6.07) is 53.2. The fourth-order valence-electron chi connectivity index (χ4n) is 7.62. The zero-order chi connectivity index (χ0) is 32.5. The van der Waals surface area contributed by atoms with Crippen molar-refractivity contribution in [3.63, 3.8) is 0 Å². The van der Waals surface area contributed by atoms with Gasteiger partial charge < -0.3 is 9.47 Å². The Bertz CT molecular complexity index is 2730. The third-order valence-corrected chi connectivity index (χ3v) is 9.79. The summed E-state index contributed by atoms with van der Waals surface area (Å²) >= 11 is 0. The molecule has 1 atom stereocenters. The minimum Gasteiger partial charge on any atom is -0.333 e. The molecule has 0 radical (unpaired) electrons. The molecule has 6 heteroatoms. The highest BCUT2D eigenvalue weighted by Crippen LogP contribution is 2.43. The van der Waals surface area contributed by atoms with Gasteiger partial charge in [0.25, 0.3) is 0 Å². The molecular formula is C43H30N6. The van der Waals surface area contributed by atoms with Gasteiger partial charge in [0, 0.05) is 46.1 Å². The molecule has 4 heterocycles. The quantitative estimate of drug-likeness (QED) is 0.195. The van der Waals surface area contributed by atoms with E-state index in [0.717, 1.165) is 50.3 Å². The van der Waals surface area contributed by atoms with E-state index in [1.165, 1.54) is 27.2 Å². The standard InChI is InChI=1S/C43H30N6/c1-47-41(29-17-7-3-8-18-29)44-27-34-39(28-15-5-2-6-16-28)45-43(46-42(34)47)49-36-24-14-12-22-33(36)38-37(49)26-25-32-31-21-11-13-23-35(31)48(40(32)38)30-19-9-4-10-20-30/h2-27,41H,1H3. The molecule has 0 saturated carbocycles. The van der Waals surface area contributed by atoms with Gasteiger partial charge in [-0.3, -0.25) is 9.56 Å². The van der Waals surface area contributed by atoms with Crippen LogP contribution in [-0.2, 0) is 0 Å². The van der Waals surface area contributed by atoms with E-state index in [9.17, 15) is 0 Å². The summed E-state index contributed by atoms with van der Waals surface area (Å²) < 4.78 is 4.64. The van der Waals surface area contributed by atoms with Gasteiger partial charge in [-0.1, -0.05) is 121 Å². The molecule has 1 unspecified atom stereocenters. The Morgan fingerprint density at radius 3 is 1.92 bits per heavy atom. The van der Waals surface area contributed by atoms with Gasteiger partial charge in [0.15, 0.2) is 0 Å². The number of hydrogen-bond donors (Lipinski definition) is 0. The second-order valence-corrected chi connectivity index (χ2v) is 12.5. The highest BCUT2D eigenvalue weighted by molar-refractivity contribution is 6.26. The van der Waals surface area contributed by atoms with Gasteiger partial charge in [0.05, 0.1) is 33.3 Å². The van der Waals surface area contributed by atoms with Gasteiger partial charge >= 0.3 is 0 Å². The molecule has 232 valence electrons. The van der Waals surface area contributed by atoms with Gasteiger partial charge in [-0.2, -0.15) is 4.98 Å². The van der Waals surface area contributed by atoms with E-state index in [4.69, 9.17) is 15.0 Å². The topological polar surface area (TPSA) is 51.2 Å². The Kier molecular flexibility index (Phi) is 6.05. The lowest BCUT2D eigenvalue weighted by Gasteiger charge is -2.31. The number of nitrogens with zero attached hydrogens (tertiary/aromatic N) is 6. The zero-order valence-electron chi connectivity index (χ0n) is 26.8. The third kappa shape index (κ3) is 4.10. The Morgan fingerprint density at radius 1 is 0.531 bits per heavy atom. The number of aliphatic imine (C=N–C) groups is 1. The normalized spacial score (nSPS) is 14.3. The van der Waals surface area contributed by atoms with E-state index in [-0.39, 0.29) is 6.17 Å². The SMILES string of the molecule is CN1c2nc(-n3c4ccccc4c4c3ccc3c5ccccc5n(-c5ccccc5)c34)nc(-c3ccccc3)c2C=NC1c1ccccc1. The summed E-state index contributed by atoms with van der Waals surface area (Å²) in [5.41, 5.74) is 9.49. The Labute approximate surface area is 282 Å². The second-order valence-electron chi connectivity index (χ2n) is 12.5. The van der Waals surface area contributed by atoms with Crippen molar-refractivity contribution in [3.05, 3.63) is 163 Å². The van der Waals surface area contributed by atoms with E-state index in [1.54, 1.807) is 0 Å².